The minimum atomic E-state index is 0.460. The zero-order valence-corrected chi connectivity index (χ0v) is 13.1. The predicted octanol–water partition coefficient (Wildman–Crippen LogP) is 3.70. The van der Waals surface area contributed by atoms with Crippen molar-refractivity contribution in [2.24, 2.45) is 0 Å². The summed E-state index contributed by atoms with van der Waals surface area (Å²) in [5, 5.41) is 21.7. The second kappa shape index (κ2) is 6.74. The molecule has 2 aromatic carbocycles. The maximum Gasteiger partial charge on any atom is 0.314 e. The van der Waals surface area contributed by atoms with Crippen molar-refractivity contribution >= 4 is 22.9 Å². The molecule has 0 atom stereocenters. The van der Waals surface area contributed by atoms with E-state index < -0.39 is 0 Å². The van der Waals surface area contributed by atoms with Gasteiger partial charge in [-0.05, 0) is 23.7 Å². The van der Waals surface area contributed by atoms with E-state index in [0.717, 1.165) is 11.5 Å². The first-order valence-corrected chi connectivity index (χ1v) is 7.69. The number of aromatic nitrogens is 1. The van der Waals surface area contributed by atoms with Gasteiger partial charge in [0.25, 0.3) is 0 Å². The van der Waals surface area contributed by atoms with Crippen molar-refractivity contribution in [1.82, 2.24) is 4.37 Å². The van der Waals surface area contributed by atoms with Gasteiger partial charge < -0.3 is 5.32 Å². The fraction of sp³-hybridized carbons (Fsp3) is 0. The lowest BCUT2D eigenvalue weighted by molar-refractivity contribution is 0.561. The highest BCUT2D eigenvalue weighted by Gasteiger charge is 2.21. The van der Waals surface area contributed by atoms with Gasteiger partial charge in [-0.3, -0.25) is 4.79 Å². The SMILES string of the molecule is N#Cc1ccccc1-c1nsc(N[C]=O)c1-c1ccccc1C#N. The van der Waals surface area contributed by atoms with Gasteiger partial charge in [-0.15, -0.1) is 0 Å². The summed E-state index contributed by atoms with van der Waals surface area (Å²) in [5.74, 6) is 0. The van der Waals surface area contributed by atoms with Crippen LogP contribution >= 0.6 is 11.5 Å². The number of hydrogen-bond donors (Lipinski definition) is 1. The van der Waals surface area contributed by atoms with Gasteiger partial charge >= 0.3 is 6.41 Å². The summed E-state index contributed by atoms with van der Waals surface area (Å²) < 4.78 is 4.41. The maximum atomic E-state index is 10.8. The van der Waals surface area contributed by atoms with Gasteiger partial charge in [0.2, 0.25) is 0 Å². The lowest BCUT2D eigenvalue weighted by atomic mass is 9.95. The highest BCUT2D eigenvalue weighted by Crippen LogP contribution is 2.42. The second-order valence-corrected chi connectivity index (χ2v) is 5.55. The van der Waals surface area contributed by atoms with Crippen molar-refractivity contribution in [2.75, 3.05) is 5.32 Å². The zero-order valence-electron chi connectivity index (χ0n) is 12.3. The predicted molar refractivity (Wildman–Crippen MR) is 91.7 cm³/mol. The van der Waals surface area contributed by atoms with Crippen LogP contribution in [0.4, 0.5) is 5.00 Å². The molecule has 6 heteroatoms. The first-order valence-electron chi connectivity index (χ1n) is 6.92. The van der Waals surface area contributed by atoms with Crippen LogP contribution in [-0.4, -0.2) is 10.8 Å². The van der Waals surface area contributed by atoms with E-state index in [9.17, 15) is 15.3 Å². The van der Waals surface area contributed by atoms with Crippen LogP contribution in [0.5, 0.6) is 0 Å². The fourth-order valence-corrected chi connectivity index (χ4v) is 3.20. The molecule has 1 radical (unpaired) electrons. The molecule has 1 aromatic heterocycles. The van der Waals surface area contributed by atoms with Crippen molar-refractivity contribution in [1.29, 1.82) is 10.5 Å². The van der Waals surface area contributed by atoms with Crippen LogP contribution < -0.4 is 5.32 Å². The van der Waals surface area contributed by atoms with E-state index in [1.54, 1.807) is 42.8 Å². The summed E-state index contributed by atoms with van der Waals surface area (Å²) in [6.45, 7) is 0. The minimum Gasteiger partial charge on any atom is -0.308 e. The van der Waals surface area contributed by atoms with E-state index in [4.69, 9.17) is 0 Å². The Morgan fingerprint density at radius 3 is 2.12 bits per heavy atom. The lowest BCUT2D eigenvalue weighted by Crippen LogP contribution is -1.95. The Morgan fingerprint density at radius 1 is 0.917 bits per heavy atom. The van der Waals surface area contributed by atoms with Crippen LogP contribution in [0.1, 0.15) is 11.1 Å². The van der Waals surface area contributed by atoms with Crippen molar-refractivity contribution in [3.05, 3.63) is 59.7 Å². The summed E-state index contributed by atoms with van der Waals surface area (Å²) in [4.78, 5) is 10.8. The lowest BCUT2D eigenvalue weighted by Gasteiger charge is -2.08. The van der Waals surface area contributed by atoms with Gasteiger partial charge in [0.1, 0.15) is 5.00 Å². The van der Waals surface area contributed by atoms with Crippen LogP contribution in [0.3, 0.4) is 0 Å². The molecule has 1 heterocycles. The van der Waals surface area contributed by atoms with Crippen LogP contribution in [0.25, 0.3) is 22.4 Å². The molecule has 1 amide bonds. The van der Waals surface area contributed by atoms with Crippen LogP contribution in [-0.2, 0) is 4.79 Å². The third-order valence-electron chi connectivity index (χ3n) is 3.48. The van der Waals surface area contributed by atoms with E-state index >= 15 is 0 Å². The molecule has 0 bridgehead atoms. The van der Waals surface area contributed by atoms with E-state index in [1.165, 1.54) is 0 Å². The van der Waals surface area contributed by atoms with Gasteiger partial charge in [0, 0.05) is 16.7 Å². The average Bonchev–Trinajstić information content (AvgIpc) is 3.05. The Balaban J connectivity index is 2.32. The molecule has 24 heavy (non-hydrogen) atoms. The standard InChI is InChI=1S/C18H9N4OS/c19-9-12-5-1-3-7-14(12)16-17(22-24-18(16)21-11-23)15-8-4-2-6-13(15)10-20/h1-8H,(H,21,23). The highest BCUT2D eigenvalue weighted by molar-refractivity contribution is 7.11. The Hall–Kier alpha value is -3.48. The molecular weight excluding hydrogens is 320 g/mol. The first-order chi connectivity index (χ1) is 11.8. The molecule has 3 aromatic rings. The fourth-order valence-electron chi connectivity index (χ4n) is 2.44. The number of amides is 1. The first kappa shape index (κ1) is 15.4. The van der Waals surface area contributed by atoms with Crippen LogP contribution in [0.2, 0.25) is 0 Å². The number of nitrogens with zero attached hydrogens (tertiary/aromatic N) is 3. The molecule has 0 aliphatic heterocycles. The summed E-state index contributed by atoms with van der Waals surface area (Å²) in [7, 11) is 0. The quantitative estimate of drug-likeness (QED) is 0.739. The molecule has 113 valence electrons. The van der Waals surface area contributed by atoms with E-state index in [1.807, 2.05) is 12.1 Å². The number of carbonyl (C=O) groups excluding carboxylic acids is 1. The zero-order chi connectivity index (χ0) is 16.9. The Labute approximate surface area is 142 Å². The number of nitrogens with one attached hydrogen (secondary N) is 1. The van der Waals surface area contributed by atoms with Gasteiger partial charge in [-0.25, -0.2) is 0 Å². The van der Waals surface area contributed by atoms with E-state index in [-0.39, 0.29) is 0 Å². The topological polar surface area (TPSA) is 89.6 Å². The molecule has 3 rings (SSSR count). The third-order valence-corrected chi connectivity index (χ3v) is 4.24. The smallest absolute Gasteiger partial charge is 0.308 e. The number of rotatable bonds is 4. The largest absolute Gasteiger partial charge is 0.314 e. The second-order valence-electron chi connectivity index (χ2n) is 4.78. The molecule has 0 aliphatic carbocycles. The molecule has 0 saturated carbocycles. The summed E-state index contributed by atoms with van der Waals surface area (Å²) in [5.41, 5.74) is 3.40. The van der Waals surface area contributed by atoms with Gasteiger partial charge in [0.15, 0.2) is 0 Å². The third kappa shape index (κ3) is 2.63. The highest BCUT2D eigenvalue weighted by atomic mass is 32.1. The van der Waals surface area contributed by atoms with Crippen LogP contribution in [0, 0.1) is 22.7 Å². The molecule has 0 saturated heterocycles. The Bertz CT molecular complexity index is 995. The van der Waals surface area contributed by atoms with Crippen molar-refractivity contribution < 1.29 is 4.79 Å². The summed E-state index contributed by atoms with van der Waals surface area (Å²) >= 11 is 1.09. The van der Waals surface area contributed by atoms with Gasteiger partial charge in [0.05, 0.1) is 29.0 Å². The molecular formula is C18H9N4OS. The summed E-state index contributed by atoms with van der Waals surface area (Å²) in [6, 6.07) is 18.4. The monoisotopic (exact) mass is 329 g/mol. The van der Waals surface area contributed by atoms with Gasteiger partial charge in [-0.2, -0.15) is 14.9 Å². The Kier molecular flexibility index (Phi) is 4.33. The number of hydrogen-bond acceptors (Lipinski definition) is 5. The average molecular weight is 329 g/mol. The van der Waals surface area contributed by atoms with E-state index in [0.29, 0.717) is 38.5 Å². The van der Waals surface area contributed by atoms with E-state index in [2.05, 4.69) is 21.8 Å². The van der Waals surface area contributed by atoms with Crippen molar-refractivity contribution in [2.45, 2.75) is 0 Å². The summed E-state index contributed by atoms with van der Waals surface area (Å²) in [6.07, 6.45) is 1.65. The van der Waals surface area contributed by atoms with Crippen molar-refractivity contribution in [3.63, 3.8) is 0 Å². The molecule has 0 unspecified atom stereocenters. The number of benzene rings is 2. The van der Waals surface area contributed by atoms with Crippen molar-refractivity contribution in [3.8, 4) is 34.5 Å². The molecule has 5 nitrogen and oxygen atoms in total. The molecule has 0 aliphatic rings. The maximum absolute atomic E-state index is 10.8. The molecule has 1 N–H and O–H groups in total. The Morgan fingerprint density at radius 2 is 1.50 bits per heavy atom. The molecule has 0 fully saturated rings. The normalized spacial score (nSPS) is 9.75. The number of anilines is 1. The molecule has 0 spiro atoms. The van der Waals surface area contributed by atoms with Crippen LogP contribution in [0.15, 0.2) is 48.5 Å². The minimum absolute atomic E-state index is 0.460. The van der Waals surface area contributed by atoms with Gasteiger partial charge in [-0.1, -0.05) is 36.4 Å². The number of nitriles is 2.